The standard InChI is InChI=1S/C14H13BCl2/c16-14(17)11-15(12-7-3-1-4-8-12)13-9-5-2-6-10-13/h1-10,14H,11H2. The van der Waals surface area contributed by atoms with Crippen molar-refractivity contribution >= 4 is 40.8 Å². The van der Waals surface area contributed by atoms with Crippen LogP contribution in [0.2, 0.25) is 6.32 Å². The lowest BCUT2D eigenvalue weighted by molar-refractivity contribution is 1.34. The van der Waals surface area contributed by atoms with E-state index in [0.29, 0.717) is 0 Å². The van der Waals surface area contributed by atoms with E-state index in [4.69, 9.17) is 23.2 Å². The number of halogens is 2. The van der Waals surface area contributed by atoms with E-state index >= 15 is 0 Å². The average Bonchev–Trinajstić information content (AvgIpc) is 2.38. The van der Waals surface area contributed by atoms with Crippen LogP contribution in [-0.2, 0) is 0 Å². The number of alkyl halides is 2. The second-order valence-electron chi connectivity index (χ2n) is 4.00. The van der Waals surface area contributed by atoms with E-state index in [2.05, 4.69) is 24.3 Å². The summed E-state index contributed by atoms with van der Waals surface area (Å²) in [6.45, 7) is 0.261. The molecule has 86 valence electrons. The largest absolute Gasteiger partial charge is 0.211 e. The van der Waals surface area contributed by atoms with Crippen LogP contribution >= 0.6 is 23.2 Å². The molecule has 0 aliphatic carbocycles. The summed E-state index contributed by atoms with van der Waals surface area (Å²) in [7, 11) is 0. The average molecular weight is 263 g/mol. The lowest BCUT2D eigenvalue weighted by Crippen LogP contribution is -2.42. The number of rotatable bonds is 4. The number of hydrogen-bond acceptors (Lipinski definition) is 0. The third-order valence-electron chi connectivity index (χ3n) is 2.82. The van der Waals surface area contributed by atoms with Crippen molar-refractivity contribution in [3.05, 3.63) is 60.7 Å². The minimum atomic E-state index is -0.347. The normalized spacial score (nSPS) is 10.5. The molecule has 3 heteroatoms. The van der Waals surface area contributed by atoms with Gasteiger partial charge in [0, 0.05) is 0 Å². The minimum absolute atomic E-state index is 0.261. The van der Waals surface area contributed by atoms with Crippen LogP contribution < -0.4 is 10.9 Å². The SMILES string of the molecule is ClC(Cl)CB(c1ccccc1)c1ccccc1. The Morgan fingerprint density at radius 1 is 0.765 bits per heavy atom. The molecule has 0 radical (unpaired) electrons. The molecule has 0 amide bonds. The maximum atomic E-state index is 5.94. The molecule has 17 heavy (non-hydrogen) atoms. The van der Waals surface area contributed by atoms with Crippen molar-refractivity contribution in [2.45, 2.75) is 11.2 Å². The van der Waals surface area contributed by atoms with E-state index in [-0.39, 0.29) is 11.5 Å². The fraction of sp³-hybridized carbons (Fsp3) is 0.143. The lowest BCUT2D eigenvalue weighted by atomic mass is 9.39. The van der Waals surface area contributed by atoms with Gasteiger partial charge in [-0.25, -0.2) is 0 Å². The molecule has 0 saturated carbocycles. The molecule has 0 N–H and O–H groups in total. The van der Waals surface area contributed by atoms with Crippen LogP contribution in [0, 0.1) is 0 Å². The van der Waals surface area contributed by atoms with Gasteiger partial charge in [-0.15, -0.1) is 23.2 Å². The van der Waals surface area contributed by atoms with Crippen molar-refractivity contribution in [2.75, 3.05) is 0 Å². The molecule has 0 bridgehead atoms. The monoisotopic (exact) mass is 262 g/mol. The smallest absolute Gasteiger partial charge is 0.106 e. The predicted molar refractivity (Wildman–Crippen MR) is 78.2 cm³/mol. The molecular formula is C14H13BCl2. The summed E-state index contributed by atoms with van der Waals surface area (Å²) in [6, 6.07) is 20.7. The summed E-state index contributed by atoms with van der Waals surface area (Å²) in [4.78, 5) is -0.347. The Bertz CT molecular complexity index is 403. The Morgan fingerprint density at radius 3 is 1.53 bits per heavy atom. The number of hydrogen-bond donors (Lipinski definition) is 0. The number of benzene rings is 2. The zero-order chi connectivity index (χ0) is 12.1. The molecule has 0 unspecified atom stereocenters. The Kier molecular flexibility index (Phi) is 4.53. The van der Waals surface area contributed by atoms with Crippen molar-refractivity contribution in [1.29, 1.82) is 0 Å². The van der Waals surface area contributed by atoms with Crippen LogP contribution in [0.4, 0.5) is 0 Å². The van der Waals surface area contributed by atoms with Gasteiger partial charge >= 0.3 is 0 Å². The van der Waals surface area contributed by atoms with Crippen LogP contribution in [0.25, 0.3) is 0 Å². The molecule has 0 atom stereocenters. The van der Waals surface area contributed by atoms with Gasteiger partial charge in [0.2, 0.25) is 6.71 Å². The predicted octanol–water partition coefficient (Wildman–Crippen LogP) is 3.10. The molecule has 0 fully saturated rings. The van der Waals surface area contributed by atoms with Crippen LogP contribution in [0.15, 0.2) is 60.7 Å². The summed E-state index contributed by atoms with van der Waals surface area (Å²) in [5.74, 6) is 0. The quantitative estimate of drug-likeness (QED) is 0.587. The van der Waals surface area contributed by atoms with E-state index in [9.17, 15) is 0 Å². The summed E-state index contributed by atoms with van der Waals surface area (Å²) in [5, 5.41) is 0. The van der Waals surface area contributed by atoms with Crippen LogP contribution in [0.5, 0.6) is 0 Å². The van der Waals surface area contributed by atoms with Gasteiger partial charge < -0.3 is 0 Å². The van der Waals surface area contributed by atoms with Crippen molar-refractivity contribution in [2.24, 2.45) is 0 Å². The summed E-state index contributed by atoms with van der Waals surface area (Å²) in [6.07, 6.45) is 0.733. The van der Waals surface area contributed by atoms with E-state index in [1.54, 1.807) is 0 Å². The van der Waals surface area contributed by atoms with Crippen molar-refractivity contribution in [3.63, 3.8) is 0 Å². The summed E-state index contributed by atoms with van der Waals surface area (Å²) < 4.78 is 0. The van der Waals surface area contributed by atoms with E-state index in [1.165, 1.54) is 10.9 Å². The first-order valence-corrected chi connectivity index (χ1v) is 6.52. The highest BCUT2D eigenvalue weighted by atomic mass is 35.5. The molecule has 0 aliphatic heterocycles. The van der Waals surface area contributed by atoms with Gasteiger partial charge in [-0.3, -0.25) is 0 Å². The molecule has 2 aromatic rings. The molecule has 0 aliphatic rings. The van der Waals surface area contributed by atoms with Gasteiger partial charge in [0.05, 0.1) is 0 Å². The van der Waals surface area contributed by atoms with E-state index < -0.39 is 0 Å². The highest BCUT2D eigenvalue weighted by Crippen LogP contribution is 2.11. The van der Waals surface area contributed by atoms with Gasteiger partial charge in [-0.2, -0.15) is 0 Å². The maximum Gasteiger partial charge on any atom is 0.211 e. The zero-order valence-corrected chi connectivity index (χ0v) is 10.9. The fourth-order valence-corrected chi connectivity index (χ4v) is 2.37. The van der Waals surface area contributed by atoms with Gasteiger partial charge in [-0.1, -0.05) is 71.6 Å². The fourth-order valence-electron chi connectivity index (χ4n) is 2.01. The summed E-state index contributed by atoms with van der Waals surface area (Å²) in [5.41, 5.74) is 2.51. The molecule has 2 rings (SSSR count). The highest BCUT2D eigenvalue weighted by molar-refractivity contribution is 6.86. The first-order chi connectivity index (χ1) is 8.27. The Balaban J connectivity index is 2.32. The van der Waals surface area contributed by atoms with Gasteiger partial charge in [-0.05, 0) is 6.32 Å². The van der Waals surface area contributed by atoms with Gasteiger partial charge in [0.1, 0.15) is 4.84 Å². The van der Waals surface area contributed by atoms with E-state index in [1.807, 2.05) is 36.4 Å². The highest BCUT2D eigenvalue weighted by Gasteiger charge is 2.21. The Morgan fingerprint density at radius 2 is 1.18 bits per heavy atom. The Labute approximate surface area is 113 Å². The molecule has 0 nitrogen and oxygen atoms in total. The van der Waals surface area contributed by atoms with Crippen molar-refractivity contribution in [3.8, 4) is 0 Å². The van der Waals surface area contributed by atoms with Gasteiger partial charge in [0.15, 0.2) is 0 Å². The van der Waals surface area contributed by atoms with Gasteiger partial charge in [0.25, 0.3) is 0 Å². The lowest BCUT2D eigenvalue weighted by Gasteiger charge is -2.15. The maximum absolute atomic E-state index is 5.94. The third-order valence-corrected chi connectivity index (χ3v) is 3.17. The topological polar surface area (TPSA) is 0 Å². The molecule has 2 aromatic carbocycles. The van der Waals surface area contributed by atoms with Crippen molar-refractivity contribution < 1.29 is 0 Å². The summed E-state index contributed by atoms with van der Waals surface area (Å²) >= 11 is 11.9. The van der Waals surface area contributed by atoms with Crippen LogP contribution in [0.1, 0.15) is 0 Å². The van der Waals surface area contributed by atoms with Crippen LogP contribution in [0.3, 0.4) is 0 Å². The molecule has 0 saturated heterocycles. The minimum Gasteiger partial charge on any atom is -0.106 e. The van der Waals surface area contributed by atoms with Crippen molar-refractivity contribution in [1.82, 2.24) is 0 Å². The first kappa shape index (κ1) is 12.5. The molecule has 0 heterocycles. The molecule has 0 spiro atoms. The first-order valence-electron chi connectivity index (χ1n) is 5.65. The molecular weight excluding hydrogens is 250 g/mol. The molecule has 0 aromatic heterocycles. The second-order valence-corrected chi connectivity index (χ2v) is 5.28. The van der Waals surface area contributed by atoms with E-state index in [0.717, 1.165) is 6.32 Å². The van der Waals surface area contributed by atoms with Crippen LogP contribution in [-0.4, -0.2) is 11.5 Å². The second kappa shape index (κ2) is 6.14. The zero-order valence-electron chi connectivity index (χ0n) is 9.39. The third kappa shape index (κ3) is 3.52. The Hall–Kier alpha value is -0.915.